The van der Waals surface area contributed by atoms with Gasteiger partial charge in [0.15, 0.2) is 0 Å². The summed E-state index contributed by atoms with van der Waals surface area (Å²) >= 11 is 27.7. The van der Waals surface area contributed by atoms with Crippen molar-refractivity contribution in [1.29, 1.82) is 0 Å². The van der Waals surface area contributed by atoms with E-state index in [1.165, 1.54) is 0 Å². The molecule has 0 unspecified atom stereocenters. The number of Topliss-reactive ketones (excluding diaryl/α,β-unsaturated/α-hetero) is 1. The fourth-order valence-corrected chi connectivity index (χ4v) is 1.95. The maximum atomic E-state index is 11.2. The van der Waals surface area contributed by atoms with Gasteiger partial charge in [0, 0.05) is 0 Å². The number of ketones is 1. The molecule has 0 N–H and O–H groups in total. The molecule has 0 aromatic carbocycles. The molecule has 1 aliphatic carbocycles. The summed E-state index contributed by atoms with van der Waals surface area (Å²) < 4.78 is -1.70. The molecule has 0 atom stereocenters. The normalized spacial score (nSPS) is 22.8. The zero-order valence-corrected chi connectivity index (χ0v) is 9.16. The Morgan fingerprint density at radius 3 is 2.08 bits per heavy atom. The minimum Gasteiger partial charge on any atom is -0.289 e. The molecule has 1 aliphatic rings. The number of hydrogen-bond donors (Lipinski definition) is 0. The molecule has 0 saturated carbocycles. The van der Waals surface area contributed by atoms with Gasteiger partial charge in [0.25, 0.3) is 0 Å². The second kappa shape index (κ2) is 3.39. The summed E-state index contributed by atoms with van der Waals surface area (Å²) in [5.41, 5.74) is 0. The van der Waals surface area contributed by atoms with Crippen molar-refractivity contribution in [3.63, 3.8) is 0 Å². The van der Waals surface area contributed by atoms with Gasteiger partial charge in [-0.05, 0) is 6.08 Å². The maximum absolute atomic E-state index is 11.2. The van der Waals surface area contributed by atoms with E-state index in [4.69, 9.17) is 58.0 Å². The van der Waals surface area contributed by atoms with Crippen LogP contribution in [0.3, 0.4) is 0 Å². The Balaban J connectivity index is 3.24. The van der Waals surface area contributed by atoms with Gasteiger partial charge in [-0.15, -0.1) is 0 Å². The van der Waals surface area contributed by atoms with Gasteiger partial charge in [0.1, 0.15) is 5.03 Å². The van der Waals surface area contributed by atoms with Crippen LogP contribution in [-0.4, -0.2) is 10.1 Å². The lowest BCUT2D eigenvalue weighted by molar-refractivity contribution is -0.114. The maximum Gasteiger partial charge on any atom is 0.215 e. The number of carbonyl (C=O) groups is 1. The van der Waals surface area contributed by atoms with Crippen LogP contribution in [0.2, 0.25) is 0 Å². The number of halogens is 5. The van der Waals surface area contributed by atoms with E-state index < -0.39 is 10.1 Å². The van der Waals surface area contributed by atoms with Crippen molar-refractivity contribution in [2.45, 2.75) is 4.33 Å². The Labute approximate surface area is 93.9 Å². The average molecular weight is 266 g/mol. The summed E-state index contributed by atoms with van der Waals surface area (Å²) in [6.07, 6.45) is 1.13. The molecule has 0 aromatic rings. The second-order valence-corrected chi connectivity index (χ2v) is 4.62. The predicted octanol–water partition coefficient (Wildman–Crippen LogP) is 3.55. The SMILES string of the molecule is O=C1C(Cl)=C(Cl)C(Cl)=CC1(Cl)Cl. The third-order valence-corrected chi connectivity index (χ3v) is 3.02. The molecule has 12 heavy (non-hydrogen) atoms. The molecule has 0 fully saturated rings. The molecular weight excluding hydrogens is 265 g/mol. The van der Waals surface area contributed by atoms with Crippen molar-refractivity contribution in [3.05, 3.63) is 21.2 Å². The van der Waals surface area contributed by atoms with E-state index >= 15 is 0 Å². The summed E-state index contributed by atoms with van der Waals surface area (Å²) in [6.45, 7) is 0. The fourth-order valence-electron chi connectivity index (χ4n) is 0.639. The smallest absolute Gasteiger partial charge is 0.215 e. The highest BCUT2D eigenvalue weighted by atomic mass is 35.5. The molecule has 66 valence electrons. The summed E-state index contributed by atoms with van der Waals surface area (Å²) in [6, 6.07) is 0. The van der Waals surface area contributed by atoms with Crippen molar-refractivity contribution < 1.29 is 4.79 Å². The monoisotopic (exact) mass is 264 g/mol. The van der Waals surface area contributed by atoms with Gasteiger partial charge < -0.3 is 0 Å². The number of rotatable bonds is 0. The van der Waals surface area contributed by atoms with Crippen molar-refractivity contribution in [2.24, 2.45) is 0 Å². The van der Waals surface area contributed by atoms with Crippen molar-refractivity contribution in [2.75, 3.05) is 0 Å². The zero-order valence-electron chi connectivity index (χ0n) is 5.38. The molecule has 0 saturated heterocycles. The fraction of sp³-hybridized carbons (Fsp3) is 0.167. The summed E-state index contributed by atoms with van der Waals surface area (Å²) in [5.74, 6) is -0.665. The van der Waals surface area contributed by atoms with Gasteiger partial charge in [-0.1, -0.05) is 58.0 Å². The Morgan fingerprint density at radius 2 is 1.58 bits per heavy atom. The lowest BCUT2D eigenvalue weighted by Crippen LogP contribution is -2.27. The first-order chi connectivity index (χ1) is 5.36. The zero-order chi connectivity index (χ0) is 9.52. The lowest BCUT2D eigenvalue weighted by Gasteiger charge is -2.18. The third kappa shape index (κ3) is 1.75. The Bertz CT molecular complexity index is 301. The standard InChI is InChI=1S/C6HCl5O/c7-2-1-6(10,11)5(12)4(9)3(2)8/h1H. The van der Waals surface area contributed by atoms with E-state index in [0.29, 0.717) is 0 Å². The van der Waals surface area contributed by atoms with Crippen molar-refractivity contribution >= 4 is 63.8 Å². The first-order valence-corrected chi connectivity index (χ1v) is 4.62. The number of carbonyl (C=O) groups excluding carboxylic acids is 1. The van der Waals surface area contributed by atoms with E-state index in [1.807, 2.05) is 0 Å². The van der Waals surface area contributed by atoms with Crippen LogP contribution in [0.25, 0.3) is 0 Å². The molecule has 1 nitrogen and oxygen atoms in total. The van der Waals surface area contributed by atoms with E-state index in [0.717, 1.165) is 6.08 Å². The number of alkyl halides is 2. The molecule has 1 rings (SSSR count). The molecular formula is C6HCl5O. The highest BCUT2D eigenvalue weighted by molar-refractivity contribution is 6.68. The second-order valence-electron chi connectivity index (χ2n) is 2.07. The third-order valence-electron chi connectivity index (χ3n) is 1.21. The Morgan fingerprint density at radius 1 is 1.08 bits per heavy atom. The van der Waals surface area contributed by atoms with Crippen LogP contribution in [-0.2, 0) is 4.79 Å². The van der Waals surface area contributed by atoms with Gasteiger partial charge in [-0.2, -0.15) is 0 Å². The van der Waals surface area contributed by atoms with E-state index in [9.17, 15) is 4.79 Å². The summed E-state index contributed by atoms with van der Waals surface area (Å²) in [7, 11) is 0. The van der Waals surface area contributed by atoms with Crippen LogP contribution >= 0.6 is 58.0 Å². The van der Waals surface area contributed by atoms with Gasteiger partial charge in [-0.3, -0.25) is 4.79 Å². The number of hydrogen-bond acceptors (Lipinski definition) is 1. The first-order valence-electron chi connectivity index (χ1n) is 2.73. The molecule has 0 aliphatic heterocycles. The van der Waals surface area contributed by atoms with Gasteiger partial charge in [0.2, 0.25) is 10.1 Å². The Kier molecular flexibility index (Phi) is 3.02. The molecule has 0 aromatic heterocycles. The molecule has 0 radical (unpaired) electrons. The quantitative estimate of drug-likeness (QED) is 0.613. The van der Waals surface area contributed by atoms with E-state index in [-0.39, 0.29) is 15.1 Å². The molecule has 0 heterocycles. The lowest BCUT2D eigenvalue weighted by atomic mass is 10.1. The molecule has 0 bridgehead atoms. The largest absolute Gasteiger partial charge is 0.289 e. The average Bonchev–Trinajstić information content (AvgIpc) is 1.97. The summed E-state index contributed by atoms with van der Waals surface area (Å²) in [4.78, 5) is 11.2. The van der Waals surface area contributed by atoms with Gasteiger partial charge in [-0.25, -0.2) is 0 Å². The highest BCUT2D eigenvalue weighted by Gasteiger charge is 2.38. The molecule has 0 amide bonds. The van der Waals surface area contributed by atoms with Crippen LogP contribution in [0.15, 0.2) is 21.2 Å². The van der Waals surface area contributed by atoms with Crippen LogP contribution in [0.4, 0.5) is 0 Å². The van der Waals surface area contributed by atoms with Crippen LogP contribution in [0.1, 0.15) is 0 Å². The van der Waals surface area contributed by atoms with Gasteiger partial charge >= 0.3 is 0 Å². The Hall–Kier alpha value is 0.600. The predicted molar refractivity (Wildman–Crippen MR) is 52.1 cm³/mol. The van der Waals surface area contributed by atoms with Crippen LogP contribution in [0, 0.1) is 0 Å². The topological polar surface area (TPSA) is 17.1 Å². The van der Waals surface area contributed by atoms with Crippen molar-refractivity contribution in [1.82, 2.24) is 0 Å². The van der Waals surface area contributed by atoms with Gasteiger partial charge in [0.05, 0.1) is 10.1 Å². The van der Waals surface area contributed by atoms with E-state index in [1.54, 1.807) is 0 Å². The molecule has 0 spiro atoms. The van der Waals surface area contributed by atoms with E-state index in [2.05, 4.69) is 0 Å². The van der Waals surface area contributed by atoms with Crippen LogP contribution < -0.4 is 0 Å². The number of allylic oxidation sites excluding steroid dienone is 4. The highest BCUT2D eigenvalue weighted by Crippen LogP contribution is 2.40. The minimum absolute atomic E-state index is 0.0275. The summed E-state index contributed by atoms with van der Waals surface area (Å²) in [5, 5.41) is -0.194. The molecule has 6 heteroatoms. The van der Waals surface area contributed by atoms with Crippen LogP contribution in [0.5, 0.6) is 0 Å². The van der Waals surface area contributed by atoms with Crippen molar-refractivity contribution in [3.8, 4) is 0 Å². The minimum atomic E-state index is -1.70. The first kappa shape index (κ1) is 10.7.